The zero-order valence-corrected chi connectivity index (χ0v) is 14.1. The van der Waals surface area contributed by atoms with Crippen molar-refractivity contribution < 1.29 is 13.9 Å². The highest BCUT2D eigenvalue weighted by molar-refractivity contribution is 6.31. The predicted octanol–water partition coefficient (Wildman–Crippen LogP) is 3.34. The Balaban J connectivity index is 1.69. The van der Waals surface area contributed by atoms with Gasteiger partial charge in [0.25, 0.3) is 5.91 Å². The molecule has 6 heteroatoms. The first-order valence-electron chi connectivity index (χ1n) is 7.88. The second-order valence-corrected chi connectivity index (χ2v) is 6.12. The number of hydrogen-bond donors (Lipinski definition) is 1. The number of carbonyl (C=O) groups is 1. The van der Waals surface area contributed by atoms with E-state index in [-0.39, 0.29) is 18.3 Å². The average molecular weight is 349 g/mol. The normalized spacial score (nSPS) is 12.8. The molecule has 0 radical (unpaired) electrons. The third-order valence-electron chi connectivity index (χ3n) is 4.18. The maximum absolute atomic E-state index is 13.7. The second kappa shape index (κ2) is 7.18. The number of aryl methyl sites for hydroxylation is 2. The summed E-state index contributed by atoms with van der Waals surface area (Å²) in [5.74, 6) is -0.313. The minimum absolute atomic E-state index is 0.276. The van der Waals surface area contributed by atoms with E-state index in [2.05, 4.69) is 10.3 Å². The summed E-state index contributed by atoms with van der Waals surface area (Å²) in [7, 11) is 1.50. The summed E-state index contributed by atoms with van der Waals surface area (Å²) in [4.78, 5) is 16.8. The molecule has 3 rings (SSSR count). The average Bonchev–Trinajstić information content (AvgIpc) is 3.03. The lowest BCUT2D eigenvalue weighted by Crippen LogP contribution is -2.27. The molecule has 1 aliphatic carbocycles. The largest absolute Gasteiger partial charge is 0.480 e. The van der Waals surface area contributed by atoms with Crippen LogP contribution in [0.5, 0.6) is 5.88 Å². The Morgan fingerprint density at radius 3 is 3.00 bits per heavy atom. The van der Waals surface area contributed by atoms with Crippen molar-refractivity contribution in [2.75, 3.05) is 13.7 Å². The van der Waals surface area contributed by atoms with Crippen LogP contribution in [0.1, 0.15) is 33.6 Å². The second-order valence-electron chi connectivity index (χ2n) is 5.71. The molecule has 0 spiro atoms. The standard InChI is InChI=1S/C18H18ClFN2O2/c1-24-18-13(10-11-4-2-7-16(11)22-18)17(23)21-9-8-12-14(19)5-3-6-15(12)20/h3,5-6,10H,2,4,7-9H2,1H3,(H,21,23). The number of benzene rings is 1. The zero-order valence-electron chi connectivity index (χ0n) is 13.4. The van der Waals surface area contributed by atoms with Gasteiger partial charge < -0.3 is 10.1 Å². The topological polar surface area (TPSA) is 51.2 Å². The summed E-state index contributed by atoms with van der Waals surface area (Å²) in [6.07, 6.45) is 3.21. The number of aromatic nitrogens is 1. The van der Waals surface area contributed by atoms with Gasteiger partial charge in [0.05, 0.1) is 7.11 Å². The molecule has 24 heavy (non-hydrogen) atoms. The number of pyridine rings is 1. The van der Waals surface area contributed by atoms with Gasteiger partial charge in [-0.1, -0.05) is 17.7 Å². The van der Waals surface area contributed by atoms with Crippen LogP contribution in [0, 0.1) is 5.82 Å². The Morgan fingerprint density at radius 2 is 2.25 bits per heavy atom. The first kappa shape index (κ1) is 16.7. The number of halogens is 2. The van der Waals surface area contributed by atoms with Gasteiger partial charge in [-0.25, -0.2) is 9.37 Å². The molecule has 0 unspecified atom stereocenters. The Kier molecular flexibility index (Phi) is 5.00. The fraction of sp³-hybridized carbons (Fsp3) is 0.333. The summed E-state index contributed by atoms with van der Waals surface area (Å²) in [5.41, 5.74) is 2.91. The van der Waals surface area contributed by atoms with Gasteiger partial charge in [0.1, 0.15) is 11.4 Å². The van der Waals surface area contributed by atoms with E-state index in [0.717, 1.165) is 30.5 Å². The van der Waals surface area contributed by atoms with Gasteiger partial charge >= 0.3 is 0 Å². The summed E-state index contributed by atoms with van der Waals surface area (Å²) in [6, 6.07) is 6.39. The third kappa shape index (κ3) is 3.36. The van der Waals surface area contributed by atoms with Crippen molar-refractivity contribution in [3.05, 3.63) is 57.5 Å². The van der Waals surface area contributed by atoms with E-state index in [1.165, 1.54) is 13.2 Å². The number of amides is 1. The van der Waals surface area contributed by atoms with Crippen LogP contribution >= 0.6 is 11.6 Å². The number of rotatable bonds is 5. The summed E-state index contributed by atoms with van der Waals surface area (Å²) in [6.45, 7) is 0.278. The van der Waals surface area contributed by atoms with E-state index >= 15 is 0 Å². The smallest absolute Gasteiger partial charge is 0.256 e. The van der Waals surface area contributed by atoms with Gasteiger partial charge in [0.2, 0.25) is 5.88 Å². The number of ether oxygens (including phenoxy) is 1. The molecule has 0 fully saturated rings. The number of hydrogen-bond acceptors (Lipinski definition) is 3. The Labute approximate surface area is 145 Å². The Bertz CT molecular complexity index is 760. The molecule has 4 nitrogen and oxygen atoms in total. The molecule has 0 atom stereocenters. The minimum Gasteiger partial charge on any atom is -0.480 e. The molecule has 1 aromatic heterocycles. The van der Waals surface area contributed by atoms with E-state index < -0.39 is 0 Å². The lowest BCUT2D eigenvalue weighted by molar-refractivity contribution is 0.0950. The maximum atomic E-state index is 13.7. The monoisotopic (exact) mass is 348 g/mol. The van der Waals surface area contributed by atoms with E-state index in [4.69, 9.17) is 16.3 Å². The van der Waals surface area contributed by atoms with Crippen LogP contribution in [0.3, 0.4) is 0 Å². The molecule has 1 aromatic carbocycles. The highest BCUT2D eigenvalue weighted by Crippen LogP contribution is 2.26. The van der Waals surface area contributed by atoms with Crippen LogP contribution in [0.15, 0.2) is 24.3 Å². The van der Waals surface area contributed by atoms with E-state index in [1.54, 1.807) is 12.1 Å². The lowest BCUT2D eigenvalue weighted by Gasteiger charge is -2.11. The maximum Gasteiger partial charge on any atom is 0.256 e. The fourth-order valence-electron chi connectivity index (χ4n) is 2.94. The number of fused-ring (bicyclic) bond motifs is 1. The van der Waals surface area contributed by atoms with Crippen molar-refractivity contribution in [2.45, 2.75) is 25.7 Å². The SMILES string of the molecule is COc1nc2c(cc1C(=O)NCCc1c(F)cccc1Cl)CCC2. The van der Waals surface area contributed by atoms with E-state index in [0.29, 0.717) is 28.5 Å². The summed E-state index contributed by atoms with van der Waals surface area (Å²) in [5, 5.41) is 3.15. The van der Waals surface area contributed by atoms with Crippen molar-refractivity contribution in [3.8, 4) is 5.88 Å². The highest BCUT2D eigenvalue weighted by atomic mass is 35.5. The van der Waals surface area contributed by atoms with Crippen LogP contribution in [0.25, 0.3) is 0 Å². The molecule has 126 valence electrons. The molecule has 1 amide bonds. The molecule has 1 heterocycles. The molecular weight excluding hydrogens is 331 g/mol. The van der Waals surface area contributed by atoms with Gasteiger partial charge in [-0.3, -0.25) is 4.79 Å². The molecular formula is C18H18ClFN2O2. The van der Waals surface area contributed by atoms with Crippen molar-refractivity contribution in [1.29, 1.82) is 0 Å². The van der Waals surface area contributed by atoms with Gasteiger partial charge in [-0.05, 0) is 49.4 Å². The summed E-state index contributed by atoms with van der Waals surface area (Å²) < 4.78 is 19.0. The van der Waals surface area contributed by atoms with Crippen LogP contribution < -0.4 is 10.1 Å². The quantitative estimate of drug-likeness (QED) is 0.901. The van der Waals surface area contributed by atoms with Crippen LogP contribution in [-0.4, -0.2) is 24.5 Å². The van der Waals surface area contributed by atoms with Crippen molar-refractivity contribution >= 4 is 17.5 Å². The molecule has 0 bridgehead atoms. The number of carbonyl (C=O) groups excluding carboxylic acids is 1. The van der Waals surface area contributed by atoms with Crippen LogP contribution in [-0.2, 0) is 19.3 Å². The number of nitrogens with zero attached hydrogens (tertiary/aromatic N) is 1. The van der Waals surface area contributed by atoms with Gasteiger partial charge in [0.15, 0.2) is 0 Å². The highest BCUT2D eigenvalue weighted by Gasteiger charge is 2.20. The number of nitrogens with one attached hydrogen (secondary N) is 1. The molecule has 0 saturated carbocycles. The molecule has 0 saturated heterocycles. The van der Waals surface area contributed by atoms with Gasteiger partial charge in [-0.15, -0.1) is 0 Å². The minimum atomic E-state index is -0.367. The number of methoxy groups -OCH3 is 1. The van der Waals surface area contributed by atoms with Crippen LogP contribution in [0.2, 0.25) is 5.02 Å². The van der Waals surface area contributed by atoms with Crippen molar-refractivity contribution in [1.82, 2.24) is 10.3 Å². The van der Waals surface area contributed by atoms with Gasteiger partial charge in [0, 0.05) is 22.8 Å². The van der Waals surface area contributed by atoms with Crippen LogP contribution in [0.4, 0.5) is 4.39 Å². The van der Waals surface area contributed by atoms with Gasteiger partial charge in [-0.2, -0.15) is 0 Å². The Hall–Kier alpha value is -2.14. The first-order valence-corrected chi connectivity index (χ1v) is 8.26. The third-order valence-corrected chi connectivity index (χ3v) is 4.53. The zero-order chi connectivity index (χ0) is 17.1. The van der Waals surface area contributed by atoms with Crippen molar-refractivity contribution in [3.63, 3.8) is 0 Å². The predicted molar refractivity (Wildman–Crippen MR) is 90.3 cm³/mol. The van der Waals surface area contributed by atoms with Crippen molar-refractivity contribution in [2.24, 2.45) is 0 Å². The Morgan fingerprint density at radius 1 is 1.42 bits per heavy atom. The lowest BCUT2D eigenvalue weighted by atomic mass is 10.1. The first-order chi connectivity index (χ1) is 11.6. The van der Waals surface area contributed by atoms with E-state index in [1.807, 2.05) is 6.07 Å². The molecule has 2 aromatic rings. The summed E-state index contributed by atoms with van der Waals surface area (Å²) >= 11 is 5.99. The fourth-order valence-corrected chi connectivity index (χ4v) is 3.20. The molecule has 1 aliphatic rings. The van der Waals surface area contributed by atoms with E-state index in [9.17, 15) is 9.18 Å². The molecule has 1 N–H and O–H groups in total. The molecule has 0 aliphatic heterocycles.